The molecule has 0 fully saturated rings. The van der Waals surface area contributed by atoms with Gasteiger partial charge in [-0.05, 0) is 35.6 Å². The third-order valence-electron chi connectivity index (χ3n) is 4.32. The number of esters is 1. The lowest BCUT2D eigenvalue weighted by Gasteiger charge is -2.17. The van der Waals surface area contributed by atoms with Gasteiger partial charge in [-0.2, -0.15) is 0 Å². The lowest BCUT2D eigenvalue weighted by Crippen LogP contribution is -2.39. The van der Waals surface area contributed by atoms with Gasteiger partial charge in [-0.25, -0.2) is 0 Å². The highest BCUT2D eigenvalue weighted by Gasteiger charge is 2.18. The highest BCUT2D eigenvalue weighted by molar-refractivity contribution is 5.76. The van der Waals surface area contributed by atoms with Crippen LogP contribution in [-0.2, 0) is 22.5 Å². The Morgan fingerprint density at radius 2 is 1.78 bits per heavy atom. The maximum absolute atomic E-state index is 12.1. The number of allylic oxidation sites excluding steroid dienone is 5. The van der Waals surface area contributed by atoms with Gasteiger partial charge in [0.1, 0.15) is 6.04 Å². The molecule has 3 nitrogen and oxygen atoms in total. The number of nitrogens with one attached hydrogen (secondary N) is 1. The average molecular weight is 361 g/mol. The minimum Gasteiger partial charge on any atom is -0.468 e. The van der Waals surface area contributed by atoms with Crippen molar-refractivity contribution in [1.29, 1.82) is 0 Å². The van der Waals surface area contributed by atoms with Gasteiger partial charge in [0.05, 0.1) is 7.11 Å². The molecule has 0 saturated carbocycles. The van der Waals surface area contributed by atoms with Crippen LogP contribution in [-0.4, -0.2) is 19.1 Å². The van der Waals surface area contributed by atoms with Gasteiger partial charge in [0.2, 0.25) is 0 Å². The van der Waals surface area contributed by atoms with Crippen molar-refractivity contribution >= 4 is 11.5 Å². The van der Waals surface area contributed by atoms with Gasteiger partial charge in [-0.15, -0.1) is 0 Å². The topological polar surface area (TPSA) is 38.3 Å². The average Bonchev–Trinajstić information content (AvgIpc) is 2.71. The normalized spacial score (nSPS) is 12.7. The van der Waals surface area contributed by atoms with E-state index in [1.54, 1.807) is 6.08 Å². The molecule has 0 saturated heterocycles. The van der Waals surface area contributed by atoms with Crippen molar-refractivity contribution < 1.29 is 9.53 Å². The standard InChI is InChI=1S/C24H27NO2/c1-4-5-7-10-19(2)22-15-13-21(14-16-22)18-25-23(24(26)27-3)17-20-11-8-6-9-12-20/h4-16,23,25H,1,17-18H2,2-3H3/b7-5-,19-10+. The molecule has 1 N–H and O–H groups in total. The number of carbonyl (C=O) groups is 1. The van der Waals surface area contributed by atoms with Crippen LogP contribution in [0.25, 0.3) is 5.57 Å². The molecule has 0 aliphatic rings. The minimum absolute atomic E-state index is 0.247. The van der Waals surface area contributed by atoms with Crippen molar-refractivity contribution in [2.75, 3.05) is 7.11 Å². The van der Waals surface area contributed by atoms with E-state index < -0.39 is 0 Å². The monoisotopic (exact) mass is 361 g/mol. The Morgan fingerprint density at radius 3 is 2.41 bits per heavy atom. The van der Waals surface area contributed by atoms with E-state index in [-0.39, 0.29) is 12.0 Å². The Balaban J connectivity index is 2.00. The third kappa shape index (κ3) is 6.72. The second-order valence-electron chi connectivity index (χ2n) is 6.31. The van der Waals surface area contributed by atoms with Crippen LogP contribution in [0.4, 0.5) is 0 Å². The van der Waals surface area contributed by atoms with Gasteiger partial charge < -0.3 is 10.1 Å². The zero-order valence-corrected chi connectivity index (χ0v) is 16.0. The first-order valence-corrected chi connectivity index (χ1v) is 9.04. The van der Waals surface area contributed by atoms with E-state index in [2.05, 4.69) is 49.2 Å². The molecule has 0 spiro atoms. The molecule has 0 aliphatic carbocycles. The first kappa shape index (κ1) is 20.4. The van der Waals surface area contributed by atoms with Gasteiger partial charge in [-0.3, -0.25) is 4.79 Å². The lowest BCUT2D eigenvalue weighted by atomic mass is 10.0. The second-order valence-corrected chi connectivity index (χ2v) is 6.31. The highest BCUT2D eigenvalue weighted by Crippen LogP contribution is 2.15. The van der Waals surface area contributed by atoms with Crippen molar-refractivity contribution in [1.82, 2.24) is 5.32 Å². The summed E-state index contributed by atoms with van der Waals surface area (Å²) >= 11 is 0. The SMILES string of the molecule is C=C/C=C\C=C(/C)c1ccc(CNC(Cc2ccccc2)C(=O)OC)cc1. The van der Waals surface area contributed by atoms with E-state index in [4.69, 9.17) is 4.74 Å². The molecular formula is C24H27NO2. The van der Waals surface area contributed by atoms with Gasteiger partial charge in [-0.1, -0.05) is 85.5 Å². The summed E-state index contributed by atoms with van der Waals surface area (Å²) in [6, 6.07) is 17.9. The fourth-order valence-electron chi connectivity index (χ4n) is 2.73. The fourth-order valence-corrected chi connectivity index (χ4v) is 2.73. The van der Waals surface area contributed by atoms with Crippen LogP contribution in [0.3, 0.4) is 0 Å². The van der Waals surface area contributed by atoms with Crippen LogP contribution in [0.5, 0.6) is 0 Å². The summed E-state index contributed by atoms with van der Waals surface area (Å²) in [5.41, 5.74) is 4.57. The molecule has 0 bridgehead atoms. The van der Waals surface area contributed by atoms with E-state index in [1.165, 1.54) is 18.2 Å². The molecule has 0 heterocycles. The smallest absolute Gasteiger partial charge is 0.323 e. The fraction of sp³-hybridized carbons (Fsp3) is 0.208. The van der Waals surface area contributed by atoms with Crippen LogP contribution in [0.15, 0.2) is 85.5 Å². The molecule has 0 amide bonds. The minimum atomic E-state index is -0.372. The van der Waals surface area contributed by atoms with E-state index >= 15 is 0 Å². The first-order chi connectivity index (χ1) is 13.1. The van der Waals surface area contributed by atoms with Gasteiger partial charge in [0.15, 0.2) is 0 Å². The van der Waals surface area contributed by atoms with Crippen molar-refractivity contribution in [2.24, 2.45) is 0 Å². The third-order valence-corrected chi connectivity index (χ3v) is 4.32. The van der Waals surface area contributed by atoms with E-state index in [0.717, 1.165) is 11.1 Å². The Kier molecular flexibility index (Phi) is 8.27. The number of benzene rings is 2. The number of hydrogen-bond acceptors (Lipinski definition) is 3. The maximum atomic E-state index is 12.1. The first-order valence-electron chi connectivity index (χ1n) is 9.04. The number of hydrogen-bond donors (Lipinski definition) is 1. The van der Waals surface area contributed by atoms with Gasteiger partial charge >= 0.3 is 5.97 Å². The largest absolute Gasteiger partial charge is 0.468 e. The van der Waals surface area contributed by atoms with Crippen molar-refractivity contribution in [3.05, 3.63) is 102 Å². The summed E-state index contributed by atoms with van der Waals surface area (Å²) in [7, 11) is 1.42. The Bertz CT molecular complexity index is 789. The van der Waals surface area contributed by atoms with Crippen LogP contribution in [0.2, 0.25) is 0 Å². The molecule has 1 unspecified atom stereocenters. The molecule has 0 aromatic heterocycles. The predicted molar refractivity (Wildman–Crippen MR) is 112 cm³/mol. The van der Waals surface area contributed by atoms with Crippen LogP contribution < -0.4 is 5.32 Å². The molecule has 1 atom stereocenters. The molecule has 2 aromatic rings. The zero-order chi connectivity index (χ0) is 19.5. The summed E-state index contributed by atoms with van der Waals surface area (Å²) in [5.74, 6) is -0.247. The molecule has 27 heavy (non-hydrogen) atoms. The summed E-state index contributed by atoms with van der Waals surface area (Å²) in [4.78, 5) is 12.1. The molecular weight excluding hydrogens is 334 g/mol. The second kappa shape index (κ2) is 10.9. The van der Waals surface area contributed by atoms with Gasteiger partial charge in [0, 0.05) is 6.54 Å². The predicted octanol–water partition coefficient (Wildman–Crippen LogP) is 4.71. The summed E-state index contributed by atoms with van der Waals surface area (Å²) in [6.45, 7) is 6.35. The van der Waals surface area contributed by atoms with Crippen molar-refractivity contribution in [3.63, 3.8) is 0 Å². The molecule has 3 heteroatoms. The van der Waals surface area contributed by atoms with Crippen LogP contribution in [0, 0.1) is 0 Å². The van der Waals surface area contributed by atoms with E-state index in [9.17, 15) is 4.79 Å². The Hall–Kier alpha value is -2.91. The molecule has 0 radical (unpaired) electrons. The van der Waals surface area contributed by atoms with E-state index in [0.29, 0.717) is 13.0 Å². The maximum Gasteiger partial charge on any atom is 0.323 e. The number of carbonyl (C=O) groups excluding carboxylic acids is 1. The number of rotatable bonds is 9. The van der Waals surface area contributed by atoms with Crippen molar-refractivity contribution in [3.8, 4) is 0 Å². The van der Waals surface area contributed by atoms with Gasteiger partial charge in [0.25, 0.3) is 0 Å². The zero-order valence-electron chi connectivity index (χ0n) is 16.0. The Morgan fingerprint density at radius 1 is 1.07 bits per heavy atom. The van der Waals surface area contributed by atoms with E-state index in [1.807, 2.05) is 42.5 Å². The lowest BCUT2D eigenvalue weighted by molar-refractivity contribution is -0.143. The number of methoxy groups -OCH3 is 1. The summed E-state index contributed by atoms with van der Waals surface area (Å²) < 4.78 is 4.95. The van der Waals surface area contributed by atoms with Crippen LogP contribution in [0.1, 0.15) is 23.6 Å². The van der Waals surface area contributed by atoms with Crippen molar-refractivity contribution in [2.45, 2.75) is 25.9 Å². The Labute approximate surface area is 162 Å². The quantitative estimate of drug-likeness (QED) is 0.519. The number of ether oxygens (including phenoxy) is 1. The molecule has 2 rings (SSSR count). The molecule has 2 aromatic carbocycles. The highest BCUT2D eigenvalue weighted by atomic mass is 16.5. The molecule has 0 aliphatic heterocycles. The summed E-state index contributed by atoms with van der Waals surface area (Å²) in [5, 5.41) is 3.31. The summed E-state index contributed by atoms with van der Waals surface area (Å²) in [6.07, 6.45) is 8.29. The molecule has 140 valence electrons. The van der Waals surface area contributed by atoms with Crippen LogP contribution >= 0.6 is 0 Å².